The van der Waals surface area contributed by atoms with Crippen LogP contribution in [0.15, 0.2) is 41.4 Å². The first-order chi connectivity index (χ1) is 12.6. The lowest BCUT2D eigenvalue weighted by molar-refractivity contribution is 0.288. The van der Waals surface area contributed by atoms with E-state index in [0.29, 0.717) is 36.4 Å². The minimum absolute atomic E-state index is 0. The first kappa shape index (κ1) is 22.9. The van der Waals surface area contributed by atoms with Gasteiger partial charge in [0.15, 0.2) is 17.5 Å². The smallest absolute Gasteiger partial charge is 0.203 e. The van der Waals surface area contributed by atoms with Crippen molar-refractivity contribution in [1.29, 1.82) is 0 Å². The van der Waals surface area contributed by atoms with Crippen LogP contribution in [0.2, 0.25) is 0 Å². The summed E-state index contributed by atoms with van der Waals surface area (Å²) in [6.45, 7) is 4.95. The molecule has 0 saturated heterocycles. The van der Waals surface area contributed by atoms with Crippen molar-refractivity contribution in [2.45, 2.75) is 26.8 Å². The van der Waals surface area contributed by atoms with Crippen molar-refractivity contribution in [3.8, 4) is 17.2 Å². The first-order valence-corrected chi connectivity index (χ1v) is 8.64. The van der Waals surface area contributed by atoms with Crippen LogP contribution in [-0.2, 0) is 13.0 Å². The van der Waals surface area contributed by atoms with E-state index in [9.17, 15) is 0 Å². The molecule has 0 aliphatic carbocycles. The molecule has 0 unspecified atom stereocenters. The van der Waals surface area contributed by atoms with E-state index < -0.39 is 0 Å². The zero-order valence-corrected chi connectivity index (χ0v) is 18.6. The van der Waals surface area contributed by atoms with E-state index in [2.05, 4.69) is 29.4 Å². The molecule has 0 fully saturated rings. The maximum Gasteiger partial charge on any atom is 0.203 e. The predicted molar refractivity (Wildman–Crippen MR) is 121 cm³/mol. The number of halogens is 1. The summed E-state index contributed by atoms with van der Waals surface area (Å²) in [4.78, 5) is 4.40. The molecule has 7 heteroatoms. The Balaban J connectivity index is 0.00000364. The summed E-state index contributed by atoms with van der Waals surface area (Å²) in [6, 6.07) is 11.9. The normalized spacial score (nSPS) is 10.7. The molecule has 3 N–H and O–H groups in total. The van der Waals surface area contributed by atoms with Crippen molar-refractivity contribution in [2.75, 3.05) is 26.1 Å². The van der Waals surface area contributed by atoms with Gasteiger partial charge in [-0.15, -0.1) is 24.0 Å². The molecule has 2 aromatic rings. The highest BCUT2D eigenvalue weighted by molar-refractivity contribution is 14.0. The maximum absolute atomic E-state index is 6.02. The Hall–Kier alpha value is -2.16. The summed E-state index contributed by atoms with van der Waals surface area (Å²) < 4.78 is 16.4. The Morgan fingerprint density at radius 2 is 1.70 bits per heavy atom. The van der Waals surface area contributed by atoms with Crippen LogP contribution in [0, 0.1) is 0 Å². The molecule has 0 aliphatic heterocycles. The van der Waals surface area contributed by atoms with E-state index in [1.54, 1.807) is 14.2 Å². The third-order valence-corrected chi connectivity index (χ3v) is 3.85. The van der Waals surface area contributed by atoms with E-state index in [-0.39, 0.29) is 24.0 Å². The summed E-state index contributed by atoms with van der Waals surface area (Å²) in [5.41, 5.74) is 9.09. The number of nitrogens with one attached hydrogen (secondary N) is 1. The predicted octanol–water partition coefficient (Wildman–Crippen LogP) is 4.21. The second-order valence-corrected chi connectivity index (χ2v) is 5.64. The average molecular weight is 485 g/mol. The van der Waals surface area contributed by atoms with Gasteiger partial charge in [0.2, 0.25) is 5.75 Å². The van der Waals surface area contributed by atoms with Gasteiger partial charge in [-0.25, -0.2) is 4.99 Å². The number of nitrogens with two attached hydrogens (primary N) is 1. The minimum Gasteiger partial charge on any atom is -0.493 e. The number of rotatable bonds is 8. The molecule has 0 atom stereocenters. The van der Waals surface area contributed by atoms with Crippen molar-refractivity contribution in [3.05, 3.63) is 47.5 Å². The Labute approximate surface area is 178 Å². The summed E-state index contributed by atoms with van der Waals surface area (Å²) in [6.07, 6.45) is 0.971. The Morgan fingerprint density at radius 3 is 2.26 bits per heavy atom. The Kier molecular flexibility index (Phi) is 9.77. The van der Waals surface area contributed by atoms with E-state index >= 15 is 0 Å². The van der Waals surface area contributed by atoms with Crippen LogP contribution < -0.4 is 25.3 Å². The molecule has 2 aromatic carbocycles. The monoisotopic (exact) mass is 485 g/mol. The molecule has 0 heterocycles. The number of nitrogens with zero attached hydrogens (tertiary/aromatic N) is 1. The number of benzene rings is 2. The molecular weight excluding hydrogens is 457 g/mol. The van der Waals surface area contributed by atoms with Gasteiger partial charge in [0.05, 0.1) is 27.4 Å². The fourth-order valence-electron chi connectivity index (χ4n) is 2.54. The summed E-state index contributed by atoms with van der Waals surface area (Å²) in [5.74, 6) is 2.16. The highest BCUT2D eigenvalue weighted by Gasteiger charge is 2.13. The summed E-state index contributed by atoms with van der Waals surface area (Å²) in [7, 11) is 3.20. The SMILES string of the molecule is CCOc1c(OC)cc(CN=C(N)Nc2cccc(CC)c2)cc1OC.I. The number of hydrogen-bond acceptors (Lipinski definition) is 4. The largest absolute Gasteiger partial charge is 0.493 e. The van der Waals surface area contributed by atoms with Gasteiger partial charge in [-0.05, 0) is 48.7 Å². The van der Waals surface area contributed by atoms with Gasteiger partial charge < -0.3 is 25.3 Å². The second-order valence-electron chi connectivity index (χ2n) is 5.64. The average Bonchev–Trinajstić information content (AvgIpc) is 2.67. The highest BCUT2D eigenvalue weighted by Crippen LogP contribution is 2.38. The molecule has 0 spiro atoms. The zero-order valence-electron chi connectivity index (χ0n) is 16.2. The van der Waals surface area contributed by atoms with Gasteiger partial charge in [-0.3, -0.25) is 0 Å². The summed E-state index contributed by atoms with van der Waals surface area (Å²) >= 11 is 0. The lowest BCUT2D eigenvalue weighted by Gasteiger charge is -2.15. The molecule has 0 radical (unpaired) electrons. The van der Waals surface area contributed by atoms with Crippen LogP contribution in [0.4, 0.5) is 5.69 Å². The van der Waals surface area contributed by atoms with Crippen LogP contribution in [0.5, 0.6) is 17.2 Å². The Bertz CT molecular complexity index is 741. The van der Waals surface area contributed by atoms with Crippen molar-refractivity contribution in [3.63, 3.8) is 0 Å². The minimum atomic E-state index is 0. The molecule has 148 valence electrons. The Morgan fingerprint density at radius 1 is 1.04 bits per heavy atom. The zero-order chi connectivity index (χ0) is 18.9. The number of aliphatic imine (C=N–C) groups is 1. The lowest BCUT2D eigenvalue weighted by Crippen LogP contribution is -2.22. The molecule has 27 heavy (non-hydrogen) atoms. The molecule has 0 aromatic heterocycles. The number of guanidine groups is 1. The van der Waals surface area contributed by atoms with Crippen LogP contribution in [0.1, 0.15) is 25.0 Å². The topological polar surface area (TPSA) is 78.1 Å². The van der Waals surface area contributed by atoms with Crippen LogP contribution >= 0.6 is 24.0 Å². The van der Waals surface area contributed by atoms with E-state index in [4.69, 9.17) is 19.9 Å². The van der Waals surface area contributed by atoms with Crippen molar-refractivity contribution in [1.82, 2.24) is 0 Å². The van der Waals surface area contributed by atoms with Gasteiger partial charge >= 0.3 is 0 Å². The maximum atomic E-state index is 6.02. The number of hydrogen-bond donors (Lipinski definition) is 2. The van der Waals surface area contributed by atoms with E-state index in [1.807, 2.05) is 31.2 Å². The number of ether oxygens (including phenoxy) is 3. The van der Waals surface area contributed by atoms with Crippen LogP contribution in [0.3, 0.4) is 0 Å². The number of anilines is 1. The number of aryl methyl sites for hydroxylation is 1. The van der Waals surface area contributed by atoms with Gasteiger partial charge in [0.1, 0.15) is 0 Å². The lowest BCUT2D eigenvalue weighted by atomic mass is 10.1. The van der Waals surface area contributed by atoms with Gasteiger partial charge in [0, 0.05) is 5.69 Å². The summed E-state index contributed by atoms with van der Waals surface area (Å²) in [5, 5.41) is 3.12. The molecule has 0 amide bonds. The van der Waals surface area contributed by atoms with E-state index in [0.717, 1.165) is 17.7 Å². The van der Waals surface area contributed by atoms with Gasteiger partial charge in [-0.2, -0.15) is 0 Å². The van der Waals surface area contributed by atoms with E-state index in [1.165, 1.54) is 5.56 Å². The molecule has 0 saturated carbocycles. The number of methoxy groups -OCH3 is 2. The van der Waals surface area contributed by atoms with Gasteiger partial charge in [0.25, 0.3) is 0 Å². The molecule has 2 rings (SSSR count). The van der Waals surface area contributed by atoms with Gasteiger partial charge in [-0.1, -0.05) is 19.1 Å². The van der Waals surface area contributed by atoms with Crippen LogP contribution in [0.25, 0.3) is 0 Å². The fourth-order valence-corrected chi connectivity index (χ4v) is 2.54. The standard InChI is InChI=1S/C20H27N3O3.HI/c1-5-14-8-7-9-16(10-14)23-20(21)22-13-15-11-17(24-3)19(26-6-2)18(12-15)25-4;/h7-12H,5-6,13H2,1-4H3,(H3,21,22,23);1H. The first-order valence-electron chi connectivity index (χ1n) is 8.64. The quantitative estimate of drug-likeness (QED) is 0.333. The van der Waals surface area contributed by atoms with Crippen molar-refractivity contribution in [2.24, 2.45) is 10.7 Å². The third-order valence-electron chi connectivity index (χ3n) is 3.85. The van der Waals surface area contributed by atoms with Crippen molar-refractivity contribution >= 4 is 35.6 Å². The molecule has 0 aliphatic rings. The highest BCUT2D eigenvalue weighted by atomic mass is 127. The third kappa shape index (κ3) is 6.50. The fraction of sp³-hybridized carbons (Fsp3) is 0.350. The molecule has 0 bridgehead atoms. The molecule has 6 nitrogen and oxygen atoms in total. The second kappa shape index (κ2) is 11.5. The molecular formula is C20H28IN3O3. The van der Waals surface area contributed by atoms with Crippen LogP contribution in [-0.4, -0.2) is 26.8 Å². The van der Waals surface area contributed by atoms with Crippen molar-refractivity contribution < 1.29 is 14.2 Å².